The molecule has 0 radical (unpaired) electrons. The molecule has 5 nitrogen and oxygen atoms in total. The molecule has 1 aromatic carbocycles. The van der Waals surface area contributed by atoms with Crippen molar-refractivity contribution in [2.45, 2.75) is 19.8 Å². The van der Waals surface area contributed by atoms with E-state index in [1.807, 2.05) is 0 Å². The van der Waals surface area contributed by atoms with Crippen LogP contribution in [0.1, 0.15) is 19.8 Å². The van der Waals surface area contributed by atoms with E-state index in [4.69, 9.17) is 5.73 Å². The Bertz CT molecular complexity index is 664. The van der Waals surface area contributed by atoms with Crippen LogP contribution in [0.5, 0.6) is 0 Å². The number of hydrogen-bond acceptors (Lipinski definition) is 4. The van der Waals surface area contributed by atoms with Gasteiger partial charge in [-0.1, -0.05) is 13.3 Å². The van der Waals surface area contributed by atoms with Gasteiger partial charge in [-0.25, -0.2) is 4.98 Å². The highest BCUT2D eigenvalue weighted by molar-refractivity contribution is 5.81. The maximum atomic E-state index is 12.1. The summed E-state index contributed by atoms with van der Waals surface area (Å²) in [7, 11) is 0. The molecule has 1 saturated heterocycles. The van der Waals surface area contributed by atoms with Crippen molar-refractivity contribution in [3.8, 4) is 0 Å². The maximum absolute atomic E-state index is 12.1. The van der Waals surface area contributed by atoms with Crippen LogP contribution in [0.3, 0.4) is 0 Å². The van der Waals surface area contributed by atoms with Gasteiger partial charge < -0.3 is 10.6 Å². The molecule has 2 aromatic rings. The first kappa shape index (κ1) is 12.0. The van der Waals surface area contributed by atoms with Crippen molar-refractivity contribution >= 4 is 22.5 Å². The van der Waals surface area contributed by atoms with E-state index in [1.54, 1.807) is 18.2 Å². The average molecular weight is 258 g/mol. The van der Waals surface area contributed by atoms with Crippen molar-refractivity contribution in [1.29, 1.82) is 0 Å². The van der Waals surface area contributed by atoms with Gasteiger partial charge in [-0.15, -0.1) is 0 Å². The molecule has 3 rings (SSSR count). The number of benzene rings is 1. The number of fused-ring (bicyclic) bond motifs is 1. The van der Waals surface area contributed by atoms with Crippen molar-refractivity contribution in [2.24, 2.45) is 5.92 Å². The van der Waals surface area contributed by atoms with Gasteiger partial charge in [0.05, 0.1) is 10.9 Å². The fourth-order valence-corrected chi connectivity index (χ4v) is 2.65. The molecule has 100 valence electrons. The van der Waals surface area contributed by atoms with Gasteiger partial charge in [-0.2, -0.15) is 0 Å². The third-order valence-electron chi connectivity index (χ3n) is 3.88. The van der Waals surface area contributed by atoms with Crippen molar-refractivity contribution in [1.82, 2.24) is 9.97 Å². The lowest BCUT2D eigenvalue weighted by Gasteiger charge is -2.17. The van der Waals surface area contributed by atoms with E-state index < -0.39 is 0 Å². The zero-order chi connectivity index (χ0) is 13.4. The van der Waals surface area contributed by atoms with Gasteiger partial charge in [0.1, 0.15) is 0 Å². The molecule has 1 aliphatic heterocycles. The quantitative estimate of drug-likeness (QED) is 0.805. The van der Waals surface area contributed by atoms with Crippen LogP contribution >= 0.6 is 0 Å². The molecule has 0 spiro atoms. The summed E-state index contributed by atoms with van der Waals surface area (Å²) in [4.78, 5) is 21.7. The molecular weight excluding hydrogens is 240 g/mol. The number of nitrogens with one attached hydrogen (secondary N) is 1. The summed E-state index contributed by atoms with van der Waals surface area (Å²) in [6.07, 6.45) is 2.34. The van der Waals surface area contributed by atoms with Gasteiger partial charge in [-0.05, 0) is 30.5 Å². The minimum absolute atomic E-state index is 0.118. The number of aromatic nitrogens is 2. The molecule has 1 atom stereocenters. The number of nitrogen functional groups attached to an aromatic ring is 1. The molecule has 1 aromatic heterocycles. The Morgan fingerprint density at radius 1 is 1.53 bits per heavy atom. The molecular formula is C14H18N4O. The Morgan fingerprint density at radius 2 is 2.37 bits per heavy atom. The van der Waals surface area contributed by atoms with Crippen LogP contribution in [0, 0.1) is 5.92 Å². The molecule has 19 heavy (non-hydrogen) atoms. The lowest BCUT2D eigenvalue weighted by Crippen LogP contribution is -2.25. The molecule has 5 heteroatoms. The topological polar surface area (TPSA) is 75.0 Å². The second kappa shape index (κ2) is 4.57. The summed E-state index contributed by atoms with van der Waals surface area (Å²) in [5.41, 5.74) is 6.86. The van der Waals surface area contributed by atoms with Crippen LogP contribution in [0.25, 0.3) is 10.9 Å². The highest BCUT2D eigenvalue weighted by Crippen LogP contribution is 2.23. The third kappa shape index (κ3) is 2.16. The van der Waals surface area contributed by atoms with Crippen molar-refractivity contribution in [3.05, 3.63) is 28.6 Å². The Kier molecular flexibility index (Phi) is 2.89. The predicted octanol–water partition coefficient (Wildman–Crippen LogP) is 1.74. The maximum Gasteiger partial charge on any atom is 0.260 e. The molecule has 1 aliphatic rings. The van der Waals surface area contributed by atoms with E-state index in [0.29, 0.717) is 28.5 Å². The van der Waals surface area contributed by atoms with Crippen molar-refractivity contribution < 1.29 is 0 Å². The van der Waals surface area contributed by atoms with E-state index in [1.165, 1.54) is 12.8 Å². The SMILES string of the molecule is CCC1CCN(c2nc3ccc(N)cc3c(=O)[nH]2)C1. The highest BCUT2D eigenvalue weighted by Gasteiger charge is 2.23. The van der Waals surface area contributed by atoms with Crippen LogP contribution in [-0.2, 0) is 0 Å². The lowest BCUT2D eigenvalue weighted by molar-refractivity contribution is 0.568. The number of H-pyrrole nitrogens is 1. The minimum atomic E-state index is -0.118. The summed E-state index contributed by atoms with van der Waals surface area (Å²) >= 11 is 0. The average Bonchev–Trinajstić information content (AvgIpc) is 2.88. The van der Waals surface area contributed by atoms with Gasteiger partial charge in [0.2, 0.25) is 5.95 Å². The lowest BCUT2D eigenvalue weighted by atomic mass is 10.1. The van der Waals surface area contributed by atoms with Crippen LogP contribution in [0.2, 0.25) is 0 Å². The van der Waals surface area contributed by atoms with Crippen molar-refractivity contribution in [3.63, 3.8) is 0 Å². The van der Waals surface area contributed by atoms with Gasteiger partial charge in [0.25, 0.3) is 5.56 Å². The molecule has 0 bridgehead atoms. The highest BCUT2D eigenvalue weighted by atomic mass is 16.1. The van der Waals surface area contributed by atoms with Gasteiger partial charge in [-0.3, -0.25) is 9.78 Å². The Labute approximate surface area is 111 Å². The number of anilines is 2. The zero-order valence-corrected chi connectivity index (χ0v) is 11.0. The molecule has 3 N–H and O–H groups in total. The summed E-state index contributed by atoms with van der Waals surface area (Å²) in [5, 5.41) is 0.551. The fourth-order valence-electron chi connectivity index (χ4n) is 2.65. The monoisotopic (exact) mass is 258 g/mol. The summed E-state index contributed by atoms with van der Waals surface area (Å²) < 4.78 is 0. The fraction of sp³-hybridized carbons (Fsp3) is 0.429. The number of rotatable bonds is 2. The summed E-state index contributed by atoms with van der Waals surface area (Å²) in [5.74, 6) is 1.38. The second-order valence-corrected chi connectivity index (χ2v) is 5.18. The molecule has 2 heterocycles. The molecule has 0 amide bonds. The van der Waals surface area contributed by atoms with Crippen LogP contribution in [-0.4, -0.2) is 23.1 Å². The van der Waals surface area contributed by atoms with E-state index in [9.17, 15) is 4.79 Å². The van der Waals surface area contributed by atoms with Crippen LogP contribution < -0.4 is 16.2 Å². The zero-order valence-electron chi connectivity index (χ0n) is 11.0. The van der Waals surface area contributed by atoms with Gasteiger partial charge in [0.15, 0.2) is 0 Å². The first-order chi connectivity index (χ1) is 9.17. The van der Waals surface area contributed by atoms with Crippen LogP contribution in [0.15, 0.2) is 23.0 Å². The summed E-state index contributed by atoms with van der Waals surface area (Å²) in [6.45, 7) is 4.13. The first-order valence-electron chi connectivity index (χ1n) is 6.72. The van der Waals surface area contributed by atoms with E-state index in [0.717, 1.165) is 13.1 Å². The number of nitrogens with two attached hydrogens (primary N) is 1. The largest absolute Gasteiger partial charge is 0.399 e. The second-order valence-electron chi connectivity index (χ2n) is 5.18. The van der Waals surface area contributed by atoms with E-state index >= 15 is 0 Å². The number of hydrogen-bond donors (Lipinski definition) is 2. The standard InChI is InChI=1S/C14H18N4O/c1-2-9-5-6-18(8-9)14-16-12-4-3-10(15)7-11(12)13(19)17-14/h3-4,7,9H,2,5-6,8,15H2,1H3,(H,16,17,19). The van der Waals surface area contributed by atoms with Gasteiger partial charge >= 0.3 is 0 Å². The Hall–Kier alpha value is -2.04. The third-order valence-corrected chi connectivity index (χ3v) is 3.88. The number of aromatic amines is 1. The van der Waals surface area contributed by atoms with Gasteiger partial charge in [0, 0.05) is 18.8 Å². The van der Waals surface area contributed by atoms with E-state index in [2.05, 4.69) is 21.8 Å². The number of nitrogens with zero attached hydrogens (tertiary/aromatic N) is 2. The summed E-state index contributed by atoms with van der Waals surface area (Å²) in [6, 6.07) is 5.25. The Morgan fingerprint density at radius 3 is 3.11 bits per heavy atom. The molecule has 1 fully saturated rings. The normalized spacial score (nSPS) is 19.2. The smallest absolute Gasteiger partial charge is 0.260 e. The predicted molar refractivity (Wildman–Crippen MR) is 77.4 cm³/mol. The molecule has 0 saturated carbocycles. The molecule has 1 unspecified atom stereocenters. The Balaban J connectivity index is 2.02. The van der Waals surface area contributed by atoms with Crippen LogP contribution in [0.4, 0.5) is 11.6 Å². The molecule has 0 aliphatic carbocycles. The van der Waals surface area contributed by atoms with Crippen molar-refractivity contribution in [2.75, 3.05) is 23.7 Å². The minimum Gasteiger partial charge on any atom is -0.399 e. The van der Waals surface area contributed by atoms with E-state index in [-0.39, 0.29) is 5.56 Å². The first-order valence-corrected chi connectivity index (χ1v) is 6.72.